The molecule has 146 valence electrons. The van der Waals surface area contributed by atoms with Crippen LogP contribution in [0.15, 0.2) is 53.8 Å². The van der Waals surface area contributed by atoms with Gasteiger partial charge in [0.2, 0.25) is 0 Å². The van der Waals surface area contributed by atoms with Gasteiger partial charge in [-0.15, -0.1) is 0 Å². The predicted molar refractivity (Wildman–Crippen MR) is 109 cm³/mol. The minimum atomic E-state index is -0.709. The molecule has 5 nitrogen and oxygen atoms in total. The molecule has 1 N–H and O–H groups in total. The van der Waals surface area contributed by atoms with Crippen molar-refractivity contribution in [3.63, 3.8) is 0 Å². The van der Waals surface area contributed by atoms with Crippen molar-refractivity contribution >= 4 is 17.4 Å². The van der Waals surface area contributed by atoms with E-state index in [0.29, 0.717) is 17.0 Å². The second-order valence-electron chi connectivity index (χ2n) is 7.40. The quantitative estimate of drug-likeness (QED) is 0.834. The lowest BCUT2D eigenvalue weighted by Crippen LogP contribution is -2.31. The molecule has 0 saturated carbocycles. The van der Waals surface area contributed by atoms with Crippen molar-refractivity contribution in [2.75, 3.05) is 12.0 Å². The molecule has 0 fully saturated rings. The Balaban J connectivity index is 2.21. The summed E-state index contributed by atoms with van der Waals surface area (Å²) in [5.74, 6) is -1.03. The van der Waals surface area contributed by atoms with Crippen LogP contribution in [0.1, 0.15) is 36.6 Å². The molecule has 28 heavy (non-hydrogen) atoms. The number of aliphatic hydroxyl groups excluding tert-OH is 1. The second kappa shape index (κ2) is 7.50. The van der Waals surface area contributed by atoms with Crippen LogP contribution in [-0.2, 0) is 9.59 Å². The first-order valence-corrected chi connectivity index (χ1v) is 9.28. The summed E-state index contributed by atoms with van der Waals surface area (Å²) >= 11 is 0. The molecule has 1 aliphatic rings. The van der Waals surface area contributed by atoms with E-state index in [2.05, 4.69) is 0 Å². The summed E-state index contributed by atoms with van der Waals surface area (Å²) in [4.78, 5) is 27.4. The van der Waals surface area contributed by atoms with E-state index in [0.717, 1.165) is 11.1 Å². The van der Waals surface area contributed by atoms with Crippen molar-refractivity contribution in [1.82, 2.24) is 0 Å². The SMILES string of the molecule is COc1cccc(C2C(C(=O)C(C)C)=C(O)C(=O)N2c2ccc(C)c(C)c2)c1. The van der Waals surface area contributed by atoms with Gasteiger partial charge in [0, 0.05) is 11.6 Å². The van der Waals surface area contributed by atoms with Crippen LogP contribution in [-0.4, -0.2) is 23.9 Å². The van der Waals surface area contributed by atoms with Crippen molar-refractivity contribution in [3.8, 4) is 5.75 Å². The number of anilines is 1. The highest BCUT2D eigenvalue weighted by Crippen LogP contribution is 2.42. The van der Waals surface area contributed by atoms with Gasteiger partial charge < -0.3 is 9.84 Å². The first-order chi connectivity index (χ1) is 13.3. The lowest BCUT2D eigenvalue weighted by molar-refractivity contribution is -0.119. The van der Waals surface area contributed by atoms with Crippen LogP contribution in [0.5, 0.6) is 5.75 Å². The van der Waals surface area contributed by atoms with Gasteiger partial charge in [0.15, 0.2) is 11.5 Å². The number of methoxy groups -OCH3 is 1. The number of Topliss-reactive ketones (excluding diaryl/α,β-unsaturated/α-hetero) is 1. The zero-order chi connectivity index (χ0) is 20.6. The number of benzene rings is 2. The summed E-state index contributed by atoms with van der Waals surface area (Å²) in [5, 5.41) is 10.6. The summed E-state index contributed by atoms with van der Waals surface area (Å²) in [7, 11) is 1.56. The Labute approximate surface area is 165 Å². The number of amides is 1. The summed E-state index contributed by atoms with van der Waals surface area (Å²) < 4.78 is 5.32. The predicted octanol–water partition coefficient (Wildman–Crippen LogP) is 4.44. The van der Waals surface area contributed by atoms with Crippen LogP contribution in [0.4, 0.5) is 5.69 Å². The Morgan fingerprint density at radius 1 is 1.11 bits per heavy atom. The van der Waals surface area contributed by atoms with Crippen molar-refractivity contribution in [2.24, 2.45) is 5.92 Å². The number of aryl methyl sites for hydroxylation is 2. The molecule has 1 unspecified atom stereocenters. The molecule has 0 aromatic heterocycles. The number of ketones is 1. The van der Waals surface area contributed by atoms with Gasteiger partial charge >= 0.3 is 0 Å². The third kappa shape index (κ3) is 3.28. The number of hydrogen-bond acceptors (Lipinski definition) is 4. The van der Waals surface area contributed by atoms with Crippen molar-refractivity contribution in [3.05, 3.63) is 70.5 Å². The monoisotopic (exact) mass is 379 g/mol. The highest BCUT2D eigenvalue weighted by Gasteiger charge is 2.44. The largest absolute Gasteiger partial charge is 0.503 e. The van der Waals surface area contributed by atoms with Gasteiger partial charge in [0.1, 0.15) is 5.75 Å². The molecule has 0 spiro atoms. The Morgan fingerprint density at radius 3 is 2.43 bits per heavy atom. The van der Waals surface area contributed by atoms with E-state index < -0.39 is 17.7 Å². The molecule has 1 aliphatic heterocycles. The van der Waals surface area contributed by atoms with Gasteiger partial charge in [-0.3, -0.25) is 14.5 Å². The maximum Gasteiger partial charge on any atom is 0.294 e. The Hall–Kier alpha value is -3.08. The number of rotatable bonds is 5. The van der Waals surface area contributed by atoms with Gasteiger partial charge in [-0.05, 0) is 54.8 Å². The fourth-order valence-electron chi connectivity index (χ4n) is 3.44. The Bertz CT molecular complexity index is 974. The van der Waals surface area contributed by atoms with E-state index in [1.54, 1.807) is 33.1 Å². The zero-order valence-corrected chi connectivity index (χ0v) is 16.8. The Morgan fingerprint density at radius 2 is 1.82 bits per heavy atom. The average molecular weight is 379 g/mol. The van der Waals surface area contributed by atoms with Crippen molar-refractivity contribution < 1.29 is 19.4 Å². The van der Waals surface area contributed by atoms with Crippen LogP contribution in [0.25, 0.3) is 0 Å². The molecule has 0 radical (unpaired) electrons. The van der Waals surface area contributed by atoms with E-state index >= 15 is 0 Å². The van der Waals surface area contributed by atoms with E-state index in [4.69, 9.17) is 4.74 Å². The highest BCUT2D eigenvalue weighted by atomic mass is 16.5. The third-order valence-corrected chi connectivity index (χ3v) is 5.18. The number of carbonyl (C=O) groups is 2. The number of nitrogens with zero attached hydrogens (tertiary/aromatic N) is 1. The lowest BCUT2D eigenvalue weighted by atomic mass is 9.91. The molecular weight excluding hydrogens is 354 g/mol. The van der Waals surface area contributed by atoms with Crippen LogP contribution in [0.3, 0.4) is 0 Å². The molecule has 1 heterocycles. The minimum Gasteiger partial charge on any atom is -0.503 e. The molecule has 1 amide bonds. The summed E-state index contributed by atoms with van der Waals surface area (Å²) in [6.07, 6.45) is 0. The molecule has 2 aromatic carbocycles. The van der Waals surface area contributed by atoms with Crippen LogP contribution in [0.2, 0.25) is 0 Å². The first-order valence-electron chi connectivity index (χ1n) is 9.28. The minimum absolute atomic E-state index is 0.131. The number of aliphatic hydroxyl groups is 1. The molecule has 2 aromatic rings. The average Bonchev–Trinajstić information content (AvgIpc) is 2.94. The molecule has 3 rings (SSSR count). The van der Waals surface area contributed by atoms with Gasteiger partial charge in [0.25, 0.3) is 5.91 Å². The van der Waals surface area contributed by atoms with Crippen molar-refractivity contribution in [1.29, 1.82) is 0 Å². The number of ether oxygens (including phenoxy) is 1. The second-order valence-corrected chi connectivity index (χ2v) is 7.40. The molecule has 0 saturated heterocycles. The fraction of sp³-hybridized carbons (Fsp3) is 0.304. The number of hydrogen-bond donors (Lipinski definition) is 1. The van der Waals surface area contributed by atoms with Gasteiger partial charge in [-0.25, -0.2) is 0 Å². The molecule has 1 atom stereocenters. The maximum atomic E-state index is 13.0. The van der Waals surface area contributed by atoms with Crippen LogP contribution < -0.4 is 9.64 Å². The topological polar surface area (TPSA) is 66.8 Å². The van der Waals surface area contributed by atoms with Crippen molar-refractivity contribution in [2.45, 2.75) is 33.7 Å². The molecular formula is C23H25NO4. The fourth-order valence-corrected chi connectivity index (χ4v) is 3.44. The first kappa shape index (κ1) is 19.7. The van der Waals surface area contributed by atoms with Gasteiger partial charge in [-0.1, -0.05) is 32.0 Å². The standard InChI is InChI=1S/C23H25NO4/c1-13(2)21(25)19-20(16-7-6-8-18(12-16)28-5)24(23(27)22(19)26)17-10-9-14(3)15(4)11-17/h6-13,20,26H,1-5H3. The highest BCUT2D eigenvalue weighted by molar-refractivity contribution is 6.16. The molecule has 0 aliphatic carbocycles. The van der Waals surface area contributed by atoms with E-state index in [1.165, 1.54) is 4.90 Å². The summed E-state index contributed by atoms with van der Waals surface area (Å²) in [6.45, 7) is 7.48. The molecule has 0 bridgehead atoms. The van der Waals surface area contributed by atoms with Crippen LogP contribution in [0, 0.1) is 19.8 Å². The summed E-state index contributed by atoms with van der Waals surface area (Å²) in [5.41, 5.74) is 3.60. The van der Waals surface area contributed by atoms with Gasteiger partial charge in [-0.2, -0.15) is 0 Å². The normalized spacial score (nSPS) is 16.9. The summed E-state index contributed by atoms with van der Waals surface area (Å²) in [6, 6.07) is 12.2. The van der Waals surface area contributed by atoms with Crippen LogP contribution >= 0.6 is 0 Å². The van der Waals surface area contributed by atoms with E-state index in [9.17, 15) is 14.7 Å². The smallest absolute Gasteiger partial charge is 0.294 e. The number of carbonyl (C=O) groups excluding carboxylic acids is 2. The zero-order valence-electron chi connectivity index (χ0n) is 16.8. The Kier molecular flexibility index (Phi) is 5.27. The van der Waals surface area contributed by atoms with E-state index in [1.807, 2.05) is 44.2 Å². The van der Waals surface area contributed by atoms with Gasteiger partial charge in [0.05, 0.1) is 18.7 Å². The lowest BCUT2D eigenvalue weighted by Gasteiger charge is -2.28. The third-order valence-electron chi connectivity index (χ3n) is 5.18. The maximum absolute atomic E-state index is 13.0. The molecule has 5 heteroatoms. The van der Waals surface area contributed by atoms with E-state index in [-0.39, 0.29) is 17.3 Å².